The van der Waals surface area contributed by atoms with Crippen LogP contribution in [0, 0.1) is 12.8 Å². The summed E-state index contributed by atoms with van der Waals surface area (Å²) in [4.78, 5) is 17.0. The highest BCUT2D eigenvalue weighted by atomic mass is 35.5. The monoisotopic (exact) mass is 363 g/mol. The molecule has 1 heterocycles. The molecular formula is C20H30ClN3O. The number of hydrogen-bond donors (Lipinski definition) is 1. The number of piperazine rings is 1. The molecule has 0 aromatic heterocycles. The molecule has 0 bridgehead atoms. The molecule has 1 N–H and O–H groups in total. The summed E-state index contributed by atoms with van der Waals surface area (Å²) in [5.41, 5.74) is 2.47. The van der Waals surface area contributed by atoms with E-state index in [1.807, 2.05) is 12.1 Å². The Hall–Kier alpha value is -1.26. The van der Waals surface area contributed by atoms with E-state index in [4.69, 9.17) is 11.6 Å². The largest absolute Gasteiger partial charge is 0.369 e. The summed E-state index contributed by atoms with van der Waals surface area (Å²) in [6.45, 7) is 8.61. The van der Waals surface area contributed by atoms with Gasteiger partial charge in [-0.05, 0) is 43.4 Å². The fourth-order valence-corrected chi connectivity index (χ4v) is 4.22. The Labute approximate surface area is 156 Å². The maximum Gasteiger partial charge on any atom is 0.234 e. The highest BCUT2D eigenvalue weighted by molar-refractivity contribution is 6.30. The van der Waals surface area contributed by atoms with Crippen LogP contribution < -0.4 is 10.2 Å². The second kappa shape index (κ2) is 8.41. The molecule has 1 aliphatic heterocycles. The third-order valence-electron chi connectivity index (χ3n) is 5.71. The third kappa shape index (κ3) is 4.89. The van der Waals surface area contributed by atoms with Crippen LogP contribution in [0.4, 0.5) is 5.69 Å². The number of nitrogens with one attached hydrogen (secondary N) is 1. The van der Waals surface area contributed by atoms with Crippen LogP contribution in [0.25, 0.3) is 0 Å². The van der Waals surface area contributed by atoms with Gasteiger partial charge in [-0.25, -0.2) is 0 Å². The van der Waals surface area contributed by atoms with Crippen molar-refractivity contribution >= 4 is 23.2 Å². The predicted molar refractivity (Wildman–Crippen MR) is 104 cm³/mol. The first kappa shape index (κ1) is 18.5. The lowest BCUT2D eigenvalue weighted by atomic mass is 9.86. The molecule has 5 heteroatoms. The smallest absolute Gasteiger partial charge is 0.234 e. The molecule has 2 atom stereocenters. The normalized spacial score (nSPS) is 25.0. The van der Waals surface area contributed by atoms with Crippen LogP contribution >= 0.6 is 11.6 Å². The molecule has 1 aromatic rings. The van der Waals surface area contributed by atoms with Gasteiger partial charge in [0.15, 0.2) is 0 Å². The van der Waals surface area contributed by atoms with E-state index in [0.717, 1.165) is 37.6 Å². The van der Waals surface area contributed by atoms with E-state index in [-0.39, 0.29) is 5.91 Å². The van der Waals surface area contributed by atoms with Gasteiger partial charge < -0.3 is 10.2 Å². The Morgan fingerprint density at radius 3 is 2.64 bits per heavy atom. The minimum atomic E-state index is 0.186. The van der Waals surface area contributed by atoms with Crippen LogP contribution in [0.2, 0.25) is 5.02 Å². The standard InChI is InChI=1S/C20H30ClN3O/c1-15-5-3-4-6-18(15)22-20(25)14-23-9-11-24(12-10-23)19-13-17(21)8-7-16(19)2/h7-8,13,15,18H,3-6,9-12,14H2,1-2H3,(H,22,25)/t15-,18+/m1/s1. The Balaban J connectivity index is 1.47. The molecule has 1 amide bonds. The molecule has 0 radical (unpaired) electrons. The minimum absolute atomic E-state index is 0.186. The summed E-state index contributed by atoms with van der Waals surface area (Å²) in [6, 6.07) is 6.43. The van der Waals surface area contributed by atoms with Gasteiger partial charge in [0.1, 0.15) is 0 Å². The van der Waals surface area contributed by atoms with Gasteiger partial charge in [-0.3, -0.25) is 9.69 Å². The summed E-state index contributed by atoms with van der Waals surface area (Å²) in [6.07, 6.45) is 4.92. The van der Waals surface area contributed by atoms with Crippen molar-refractivity contribution in [3.63, 3.8) is 0 Å². The number of aryl methyl sites for hydroxylation is 1. The van der Waals surface area contributed by atoms with Gasteiger partial charge in [-0.2, -0.15) is 0 Å². The Bertz CT molecular complexity index is 599. The Morgan fingerprint density at radius 1 is 1.20 bits per heavy atom. The van der Waals surface area contributed by atoms with Crippen molar-refractivity contribution in [2.45, 2.75) is 45.6 Å². The maximum atomic E-state index is 12.4. The van der Waals surface area contributed by atoms with Crippen LogP contribution in [-0.4, -0.2) is 49.6 Å². The second-order valence-corrected chi connectivity index (χ2v) is 8.07. The van der Waals surface area contributed by atoms with Gasteiger partial charge in [0.2, 0.25) is 5.91 Å². The van der Waals surface area contributed by atoms with Crippen molar-refractivity contribution in [3.05, 3.63) is 28.8 Å². The summed E-state index contributed by atoms with van der Waals surface area (Å²) in [7, 11) is 0. The number of nitrogens with zero attached hydrogens (tertiary/aromatic N) is 2. The van der Waals surface area contributed by atoms with E-state index in [0.29, 0.717) is 18.5 Å². The zero-order valence-corrected chi connectivity index (χ0v) is 16.2. The number of amides is 1. The zero-order chi connectivity index (χ0) is 17.8. The second-order valence-electron chi connectivity index (χ2n) is 7.63. The summed E-state index contributed by atoms with van der Waals surface area (Å²) < 4.78 is 0. The van der Waals surface area contributed by atoms with E-state index in [1.54, 1.807) is 0 Å². The highest BCUT2D eigenvalue weighted by Gasteiger charge is 2.25. The number of hydrogen-bond acceptors (Lipinski definition) is 3. The van der Waals surface area contributed by atoms with Gasteiger partial charge in [0.05, 0.1) is 6.54 Å². The summed E-state index contributed by atoms with van der Waals surface area (Å²) in [5, 5.41) is 4.05. The molecule has 4 nitrogen and oxygen atoms in total. The van der Waals surface area contributed by atoms with Crippen molar-refractivity contribution in [2.75, 3.05) is 37.6 Å². The van der Waals surface area contributed by atoms with Crippen molar-refractivity contribution < 1.29 is 4.79 Å². The average Bonchev–Trinajstić information content (AvgIpc) is 2.60. The van der Waals surface area contributed by atoms with E-state index >= 15 is 0 Å². The number of carbonyl (C=O) groups is 1. The molecule has 138 valence electrons. The van der Waals surface area contributed by atoms with Crippen LogP contribution in [0.3, 0.4) is 0 Å². The van der Waals surface area contributed by atoms with Crippen LogP contribution in [0.1, 0.15) is 38.2 Å². The van der Waals surface area contributed by atoms with Crippen molar-refractivity contribution in [3.8, 4) is 0 Å². The fraction of sp³-hybridized carbons (Fsp3) is 0.650. The molecule has 1 saturated heterocycles. The first-order chi connectivity index (χ1) is 12.0. The maximum absolute atomic E-state index is 12.4. The summed E-state index contributed by atoms with van der Waals surface area (Å²) >= 11 is 6.15. The Morgan fingerprint density at radius 2 is 1.92 bits per heavy atom. The SMILES string of the molecule is Cc1ccc(Cl)cc1N1CCN(CC(=O)N[C@H]2CCCC[C@H]2C)CC1. The number of anilines is 1. The van der Waals surface area contributed by atoms with E-state index in [9.17, 15) is 4.79 Å². The number of benzene rings is 1. The lowest BCUT2D eigenvalue weighted by Gasteiger charge is -2.37. The molecule has 0 unspecified atom stereocenters. The fourth-order valence-electron chi connectivity index (χ4n) is 4.06. The van der Waals surface area contributed by atoms with Crippen molar-refractivity contribution in [1.29, 1.82) is 0 Å². The molecule has 0 spiro atoms. The molecular weight excluding hydrogens is 334 g/mol. The lowest BCUT2D eigenvalue weighted by molar-refractivity contribution is -0.123. The van der Waals surface area contributed by atoms with Gasteiger partial charge in [0, 0.05) is 42.9 Å². The van der Waals surface area contributed by atoms with E-state index < -0.39 is 0 Å². The first-order valence-electron chi connectivity index (χ1n) is 9.56. The molecule has 1 aromatic carbocycles. The molecule has 25 heavy (non-hydrogen) atoms. The Kier molecular flexibility index (Phi) is 6.24. The van der Waals surface area contributed by atoms with Crippen LogP contribution in [-0.2, 0) is 4.79 Å². The first-order valence-corrected chi connectivity index (χ1v) is 9.93. The quantitative estimate of drug-likeness (QED) is 0.889. The van der Waals surface area contributed by atoms with Crippen molar-refractivity contribution in [1.82, 2.24) is 10.2 Å². The average molecular weight is 364 g/mol. The van der Waals surface area contributed by atoms with Crippen LogP contribution in [0.5, 0.6) is 0 Å². The minimum Gasteiger partial charge on any atom is -0.369 e. The van der Waals surface area contributed by atoms with Gasteiger partial charge in [0.25, 0.3) is 0 Å². The molecule has 3 rings (SSSR count). The molecule has 2 fully saturated rings. The third-order valence-corrected chi connectivity index (χ3v) is 5.94. The van der Waals surface area contributed by atoms with Gasteiger partial charge in [-0.1, -0.05) is 37.4 Å². The number of carbonyl (C=O) groups excluding carboxylic acids is 1. The summed E-state index contributed by atoms with van der Waals surface area (Å²) in [5.74, 6) is 0.798. The number of halogens is 1. The lowest BCUT2D eigenvalue weighted by Crippen LogP contribution is -2.51. The van der Waals surface area contributed by atoms with Gasteiger partial charge in [-0.15, -0.1) is 0 Å². The zero-order valence-electron chi connectivity index (χ0n) is 15.4. The van der Waals surface area contributed by atoms with Crippen molar-refractivity contribution in [2.24, 2.45) is 5.92 Å². The highest BCUT2D eigenvalue weighted by Crippen LogP contribution is 2.26. The predicted octanol–water partition coefficient (Wildman–Crippen LogP) is 3.47. The van der Waals surface area contributed by atoms with Gasteiger partial charge >= 0.3 is 0 Å². The van der Waals surface area contributed by atoms with E-state index in [1.165, 1.54) is 30.5 Å². The molecule has 1 aliphatic carbocycles. The topological polar surface area (TPSA) is 35.6 Å². The van der Waals surface area contributed by atoms with Crippen LogP contribution in [0.15, 0.2) is 18.2 Å². The molecule has 2 aliphatic rings. The molecule has 1 saturated carbocycles. The number of rotatable bonds is 4. The van der Waals surface area contributed by atoms with E-state index in [2.05, 4.69) is 35.0 Å².